The van der Waals surface area contributed by atoms with Crippen LogP contribution in [0.15, 0.2) is 22.6 Å². The van der Waals surface area contributed by atoms with Gasteiger partial charge in [-0.2, -0.15) is 0 Å². The van der Waals surface area contributed by atoms with Crippen molar-refractivity contribution in [2.45, 2.75) is 6.92 Å². The van der Waals surface area contributed by atoms with Gasteiger partial charge in [0, 0.05) is 41.6 Å². The maximum absolute atomic E-state index is 12.3. The van der Waals surface area contributed by atoms with Crippen molar-refractivity contribution in [1.82, 2.24) is 4.90 Å². The van der Waals surface area contributed by atoms with Gasteiger partial charge in [0.05, 0.1) is 0 Å². The molecule has 0 spiro atoms. The SMILES string of the molecule is Cc1c(C(=O)N2CC(CO)C2)oc2ccc(Cl)cc12. The van der Waals surface area contributed by atoms with Gasteiger partial charge in [0.1, 0.15) is 5.58 Å². The van der Waals surface area contributed by atoms with Crippen LogP contribution in [0.3, 0.4) is 0 Å². The van der Waals surface area contributed by atoms with Gasteiger partial charge in [-0.1, -0.05) is 11.6 Å². The Kier molecular flexibility index (Phi) is 2.99. The molecule has 0 saturated carbocycles. The van der Waals surface area contributed by atoms with Crippen LogP contribution in [0.2, 0.25) is 5.02 Å². The Labute approximate surface area is 115 Å². The molecule has 1 amide bonds. The number of likely N-dealkylation sites (tertiary alicyclic amines) is 1. The lowest BCUT2D eigenvalue weighted by atomic mass is 10.0. The fraction of sp³-hybridized carbons (Fsp3) is 0.357. The van der Waals surface area contributed by atoms with E-state index in [9.17, 15) is 4.79 Å². The number of furan rings is 1. The van der Waals surface area contributed by atoms with Crippen molar-refractivity contribution in [2.75, 3.05) is 19.7 Å². The first-order valence-corrected chi connectivity index (χ1v) is 6.56. The highest BCUT2D eigenvalue weighted by molar-refractivity contribution is 6.31. The molecule has 1 aromatic heterocycles. The minimum atomic E-state index is -0.116. The molecule has 1 aromatic carbocycles. The minimum absolute atomic E-state index is 0.116. The lowest BCUT2D eigenvalue weighted by Crippen LogP contribution is -2.51. The minimum Gasteiger partial charge on any atom is -0.451 e. The number of fused-ring (bicyclic) bond motifs is 1. The summed E-state index contributed by atoms with van der Waals surface area (Å²) in [6, 6.07) is 5.32. The number of amides is 1. The van der Waals surface area contributed by atoms with Crippen LogP contribution in [-0.4, -0.2) is 35.6 Å². The summed E-state index contributed by atoms with van der Waals surface area (Å²) < 4.78 is 5.63. The van der Waals surface area contributed by atoms with Crippen LogP contribution in [0.5, 0.6) is 0 Å². The molecule has 5 heteroatoms. The summed E-state index contributed by atoms with van der Waals surface area (Å²) >= 11 is 5.95. The Morgan fingerprint density at radius 1 is 1.53 bits per heavy atom. The van der Waals surface area contributed by atoms with Crippen molar-refractivity contribution in [3.63, 3.8) is 0 Å². The number of carbonyl (C=O) groups is 1. The van der Waals surface area contributed by atoms with Crippen LogP contribution in [0.1, 0.15) is 16.1 Å². The van der Waals surface area contributed by atoms with E-state index in [0.29, 0.717) is 29.5 Å². The molecule has 4 nitrogen and oxygen atoms in total. The molecule has 3 rings (SSSR count). The molecule has 0 atom stereocenters. The van der Waals surface area contributed by atoms with E-state index in [1.54, 1.807) is 23.1 Å². The smallest absolute Gasteiger partial charge is 0.289 e. The molecular formula is C14H14ClNO3. The molecule has 0 unspecified atom stereocenters. The third-order valence-electron chi connectivity index (χ3n) is 3.60. The second kappa shape index (κ2) is 4.54. The van der Waals surface area contributed by atoms with Gasteiger partial charge in [-0.15, -0.1) is 0 Å². The van der Waals surface area contributed by atoms with E-state index in [2.05, 4.69) is 0 Å². The van der Waals surface area contributed by atoms with Gasteiger partial charge in [0.25, 0.3) is 5.91 Å². The van der Waals surface area contributed by atoms with Crippen LogP contribution < -0.4 is 0 Å². The molecule has 1 aliphatic rings. The summed E-state index contributed by atoms with van der Waals surface area (Å²) in [5.41, 5.74) is 1.49. The van der Waals surface area contributed by atoms with E-state index in [4.69, 9.17) is 21.1 Å². The van der Waals surface area contributed by atoms with E-state index in [1.807, 2.05) is 6.92 Å². The number of benzene rings is 1. The quantitative estimate of drug-likeness (QED) is 0.919. The number of aliphatic hydroxyl groups is 1. The van der Waals surface area contributed by atoms with Crippen molar-refractivity contribution < 1.29 is 14.3 Å². The summed E-state index contributed by atoms with van der Waals surface area (Å²) in [6.45, 7) is 3.16. The summed E-state index contributed by atoms with van der Waals surface area (Å²) in [6.07, 6.45) is 0. The van der Waals surface area contributed by atoms with E-state index >= 15 is 0 Å². The molecule has 0 aliphatic carbocycles. The Hall–Kier alpha value is -1.52. The average molecular weight is 280 g/mol. The van der Waals surface area contributed by atoms with Gasteiger partial charge in [-0.25, -0.2) is 0 Å². The van der Waals surface area contributed by atoms with E-state index < -0.39 is 0 Å². The van der Waals surface area contributed by atoms with Crippen molar-refractivity contribution in [3.05, 3.63) is 34.5 Å². The molecular weight excluding hydrogens is 266 g/mol. The molecule has 19 heavy (non-hydrogen) atoms. The van der Waals surface area contributed by atoms with Crippen LogP contribution in [0, 0.1) is 12.8 Å². The fourth-order valence-corrected chi connectivity index (χ4v) is 2.56. The highest BCUT2D eigenvalue weighted by atomic mass is 35.5. The number of hydrogen-bond donors (Lipinski definition) is 1. The average Bonchev–Trinajstić information content (AvgIpc) is 2.65. The zero-order valence-electron chi connectivity index (χ0n) is 10.5. The summed E-state index contributed by atoms with van der Waals surface area (Å²) in [5, 5.41) is 10.5. The van der Waals surface area contributed by atoms with E-state index in [0.717, 1.165) is 10.9 Å². The second-order valence-corrected chi connectivity index (χ2v) is 5.39. The second-order valence-electron chi connectivity index (χ2n) is 4.96. The predicted octanol–water partition coefficient (Wildman–Crippen LogP) is 2.46. The molecule has 2 aromatic rings. The standard InChI is InChI=1S/C14H14ClNO3/c1-8-11-4-10(15)2-3-12(11)19-13(8)14(18)16-5-9(6-16)7-17/h2-4,9,17H,5-7H2,1H3. The van der Waals surface area contributed by atoms with Crippen LogP contribution in [0.25, 0.3) is 11.0 Å². The van der Waals surface area contributed by atoms with Gasteiger partial charge in [-0.05, 0) is 25.1 Å². The Bertz CT molecular complexity index is 643. The maximum atomic E-state index is 12.3. The fourth-order valence-electron chi connectivity index (χ4n) is 2.39. The zero-order valence-corrected chi connectivity index (χ0v) is 11.3. The van der Waals surface area contributed by atoms with Crippen molar-refractivity contribution in [3.8, 4) is 0 Å². The number of carbonyl (C=O) groups excluding carboxylic acids is 1. The highest BCUT2D eigenvalue weighted by Crippen LogP contribution is 2.30. The largest absolute Gasteiger partial charge is 0.451 e. The first kappa shape index (κ1) is 12.5. The van der Waals surface area contributed by atoms with Crippen LogP contribution in [0.4, 0.5) is 0 Å². The van der Waals surface area contributed by atoms with Gasteiger partial charge >= 0.3 is 0 Å². The number of nitrogens with zero attached hydrogens (tertiary/aromatic N) is 1. The van der Waals surface area contributed by atoms with Gasteiger partial charge in [0.15, 0.2) is 5.76 Å². The number of hydrogen-bond acceptors (Lipinski definition) is 3. The van der Waals surface area contributed by atoms with E-state index in [1.165, 1.54) is 0 Å². The highest BCUT2D eigenvalue weighted by Gasteiger charge is 2.33. The number of rotatable bonds is 2. The Balaban J connectivity index is 1.93. The third kappa shape index (κ3) is 2.01. The molecule has 100 valence electrons. The Morgan fingerprint density at radius 2 is 2.26 bits per heavy atom. The maximum Gasteiger partial charge on any atom is 0.289 e. The van der Waals surface area contributed by atoms with Crippen molar-refractivity contribution in [2.24, 2.45) is 5.92 Å². The summed E-state index contributed by atoms with van der Waals surface area (Å²) in [5.74, 6) is 0.450. The van der Waals surface area contributed by atoms with Crippen molar-refractivity contribution >= 4 is 28.5 Å². The monoisotopic (exact) mass is 279 g/mol. The molecule has 1 saturated heterocycles. The summed E-state index contributed by atoms with van der Waals surface area (Å²) in [7, 11) is 0. The normalized spacial score (nSPS) is 15.8. The first-order valence-electron chi connectivity index (χ1n) is 6.19. The first-order chi connectivity index (χ1) is 9.10. The van der Waals surface area contributed by atoms with Crippen LogP contribution >= 0.6 is 11.6 Å². The predicted molar refractivity (Wildman–Crippen MR) is 72.4 cm³/mol. The molecule has 0 radical (unpaired) electrons. The van der Waals surface area contributed by atoms with E-state index in [-0.39, 0.29) is 18.4 Å². The molecule has 0 bridgehead atoms. The van der Waals surface area contributed by atoms with Gasteiger partial charge in [0.2, 0.25) is 0 Å². The lowest BCUT2D eigenvalue weighted by molar-refractivity contribution is 0.0335. The van der Waals surface area contributed by atoms with Gasteiger partial charge < -0.3 is 14.4 Å². The lowest BCUT2D eigenvalue weighted by Gasteiger charge is -2.37. The molecule has 2 heterocycles. The topological polar surface area (TPSA) is 53.7 Å². The molecule has 1 N–H and O–H groups in total. The van der Waals surface area contributed by atoms with Crippen molar-refractivity contribution in [1.29, 1.82) is 0 Å². The zero-order chi connectivity index (χ0) is 13.6. The molecule has 1 aliphatic heterocycles. The number of aliphatic hydroxyl groups excluding tert-OH is 1. The van der Waals surface area contributed by atoms with Crippen LogP contribution in [-0.2, 0) is 0 Å². The summed E-state index contributed by atoms with van der Waals surface area (Å²) in [4.78, 5) is 14.0. The number of halogens is 1. The molecule has 1 fully saturated rings. The van der Waals surface area contributed by atoms with Gasteiger partial charge in [-0.3, -0.25) is 4.79 Å². The number of aryl methyl sites for hydroxylation is 1. The Morgan fingerprint density at radius 3 is 2.95 bits per heavy atom. The third-order valence-corrected chi connectivity index (χ3v) is 3.83.